The number of amides is 1. The van der Waals surface area contributed by atoms with Crippen molar-refractivity contribution in [3.8, 4) is 0 Å². The maximum Gasteiger partial charge on any atom is 0.225 e. The number of nitrogens with one attached hydrogen (secondary N) is 1. The molecule has 1 aliphatic heterocycles. The van der Waals surface area contributed by atoms with Crippen molar-refractivity contribution < 1.29 is 4.79 Å². The average Bonchev–Trinajstić information content (AvgIpc) is 2.81. The van der Waals surface area contributed by atoms with E-state index >= 15 is 0 Å². The molecule has 2 atom stereocenters. The summed E-state index contributed by atoms with van der Waals surface area (Å²) in [6, 6.07) is 0.456. The van der Waals surface area contributed by atoms with Gasteiger partial charge in [0.25, 0.3) is 0 Å². The van der Waals surface area contributed by atoms with Crippen molar-refractivity contribution in [1.29, 1.82) is 0 Å². The van der Waals surface area contributed by atoms with Gasteiger partial charge in [0.1, 0.15) is 0 Å². The zero-order chi connectivity index (χ0) is 13.8. The average molecular weight is 281 g/mol. The molecule has 1 amide bonds. The first-order chi connectivity index (χ1) is 9.06. The number of carbonyl (C=O) groups is 1. The van der Waals surface area contributed by atoms with E-state index in [9.17, 15) is 4.79 Å². The van der Waals surface area contributed by atoms with Crippen LogP contribution in [0.1, 0.15) is 29.7 Å². The third kappa shape index (κ3) is 4.01. The maximum absolute atomic E-state index is 12.4. The number of aromatic nitrogens is 1. The van der Waals surface area contributed by atoms with Crippen molar-refractivity contribution in [2.24, 2.45) is 5.92 Å². The Bertz CT molecular complexity index is 432. The number of likely N-dealkylation sites (N-methyl/N-ethyl adjacent to an activating group) is 1. The minimum absolute atomic E-state index is 0.194. The Hall–Kier alpha value is -0.940. The number of nitrogens with zero attached hydrogens (tertiary/aromatic N) is 2. The molecule has 1 saturated heterocycles. The number of hydrogen-bond donors (Lipinski definition) is 1. The molecule has 0 spiro atoms. The zero-order valence-electron chi connectivity index (χ0n) is 12.0. The Kier molecular flexibility index (Phi) is 4.93. The molecule has 1 fully saturated rings. The highest BCUT2D eigenvalue weighted by molar-refractivity contribution is 7.11. The molecule has 1 aromatic rings. The normalized spacial score (nSPS) is 23.3. The fraction of sp³-hybridized carbons (Fsp3) is 0.714. The van der Waals surface area contributed by atoms with E-state index in [0.717, 1.165) is 37.4 Å². The summed E-state index contributed by atoms with van der Waals surface area (Å²) >= 11 is 1.72. The molecule has 0 radical (unpaired) electrons. The Labute approximate surface area is 119 Å². The lowest BCUT2D eigenvalue weighted by Gasteiger charge is -2.30. The van der Waals surface area contributed by atoms with E-state index in [1.165, 1.54) is 4.88 Å². The van der Waals surface area contributed by atoms with Gasteiger partial charge in [-0.05, 0) is 33.2 Å². The second-order valence-electron chi connectivity index (χ2n) is 5.45. The van der Waals surface area contributed by atoms with E-state index in [-0.39, 0.29) is 5.92 Å². The Morgan fingerprint density at radius 2 is 2.42 bits per heavy atom. The van der Waals surface area contributed by atoms with Crippen LogP contribution < -0.4 is 5.32 Å². The molecule has 1 aromatic heterocycles. The third-order valence-electron chi connectivity index (χ3n) is 3.68. The van der Waals surface area contributed by atoms with Gasteiger partial charge in [-0.15, -0.1) is 11.3 Å². The standard InChI is InChI=1S/C14H23N3OS/c1-10-8-12(4-6-15-10)14(18)17(3)7-5-13-16-9-11(2)19-13/h9-10,12,15H,4-8H2,1-3H3/t10-,12-/m0/s1. The van der Waals surface area contributed by atoms with Crippen molar-refractivity contribution in [1.82, 2.24) is 15.2 Å². The van der Waals surface area contributed by atoms with Gasteiger partial charge in [-0.3, -0.25) is 4.79 Å². The van der Waals surface area contributed by atoms with Gasteiger partial charge in [-0.1, -0.05) is 0 Å². The summed E-state index contributed by atoms with van der Waals surface area (Å²) in [4.78, 5) is 19.8. The molecular formula is C14H23N3OS. The fourth-order valence-corrected chi connectivity index (χ4v) is 3.33. The zero-order valence-corrected chi connectivity index (χ0v) is 12.8. The summed E-state index contributed by atoms with van der Waals surface area (Å²) in [6.07, 6.45) is 4.68. The van der Waals surface area contributed by atoms with Gasteiger partial charge in [-0.2, -0.15) is 0 Å². The lowest BCUT2D eigenvalue weighted by molar-refractivity contribution is -0.135. The Morgan fingerprint density at radius 3 is 3.05 bits per heavy atom. The van der Waals surface area contributed by atoms with E-state index in [1.54, 1.807) is 11.3 Å². The Balaban J connectivity index is 1.81. The molecule has 19 heavy (non-hydrogen) atoms. The highest BCUT2D eigenvalue weighted by Gasteiger charge is 2.26. The third-order valence-corrected chi connectivity index (χ3v) is 4.65. The SMILES string of the molecule is Cc1cnc(CCN(C)C(=O)[C@H]2CCN[C@@H](C)C2)s1. The van der Waals surface area contributed by atoms with Gasteiger partial charge in [0.2, 0.25) is 5.91 Å². The van der Waals surface area contributed by atoms with Crippen molar-refractivity contribution in [2.45, 2.75) is 39.2 Å². The molecule has 4 nitrogen and oxygen atoms in total. The van der Waals surface area contributed by atoms with Crippen molar-refractivity contribution in [2.75, 3.05) is 20.1 Å². The number of thiazole rings is 1. The second kappa shape index (κ2) is 6.48. The quantitative estimate of drug-likeness (QED) is 0.916. The van der Waals surface area contributed by atoms with E-state index < -0.39 is 0 Å². The second-order valence-corrected chi connectivity index (χ2v) is 6.77. The smallest absolute Gasteiger partial charge is 0.225 e. The van der Waals surface area contributed by atoms with Gasteiger partial charge in [0.05, 0.1) is 5.01 Å². The molecule has 1 N–H and O–H groups in total. The van der Waals surface area contributed by atoms with Crippen molar-refractivity contribution in [3.63, 3.8) is 0 Å². The van der Waals surface area contributed by atoms with E-state index in [0.29, 0.717) is 11.9 Å². The number of piperidine rings is 1. The molecule has 0 bridgehead atoms. The number of hydrogen-bond acceptors (Lipinski definition) is 4. The van der Waals surface area contributed by atoms with Gasteiger partial charge in [0, 0.05) is 43.0 Å². The lowest BCUT2D eigenvalue weighted by atomic mass is 9.92. The number of rotatable bonds is 4. The monoisotopic (exact) mass is 281 g/mol. The lowest BCUT2D eigenvalue weighted by Crippen LogP contribution is -2.43. The fourth-order valence-electron chi connectivity index (χ4n) is 2.56. The molecule has 0 unspecified atom stereocenters. The number of aryl methyl sites for hydroxylation is 1. The summed E-state index contributed by atoms with van der Waals surface area (Å²) in [5.41, 5.74) is 0. The summed E-state index contributed by atoms with van der Waals surface area (Å²) < 4.78 is 0. The van der Waals surface area contributed by atoms with Crippen LogP contribution in [0.5, 0.6) is 0 Å². The first-order valence-corrected chi connectivity index (χ1v) is 7.77. The number of carbonyl (C=O) groups excluding carboxylic acids is 1. The van der Waals surface area contributed by atoms with Crippen LogP contribution in [0.2, 0.25) is 0 Å². The van der Waals surface area contributed by atoms with E-state index in [2.05, 4.69) is 24.1 Å². The highest BCUT2D eigenvalue weighted by atomic mass is 32.1. The van der Waals surface area contributed by atoms with Crippen LogP contribution in [-0.4, -0.2) is 42.0 Å². The minimum Gasteiger partial charge on any atom is -0.345 e. The molecule has 2 heterocycles. The largest absolute Gasteiger partial charge is 0.345 e. The molecule has 0 aromatic carbocycles. The first kappa shape index (κ1) is 14.5. The van der Waals surface area contributed by atoms with Crippen molar-refractivity contribution >= 4 is 17.2 Å². The van der Waals surface area contributed by atoms with E-state index in [4.69, 9.17) is 0 Å². The topological polar surface area (TPSA) is 45.2 Å². The predicted molar refractivity (Wildman–Crippen MR) is 78.4 cm³/mol. The predicted octanol–water partition coefficient (Wildman–Crippen LogP) is 1.84. The summed E-state index contributed by atoms with van der Waals surface area (Å²) in [7, 11) is 1.91. The van der Waals surface area contributed by atoms with Crippen LogP contribution in [-0.2, 0) is 11.2 Å². The van der Waals surface area contributed by atoms with Crippen LogP contribution >= 0.6 is 11.3 Å². The summed E-state index contributed by atoms with van der Waals surface area (Å²) in [6.45, 7) is 5.94. The molecule has 1 aliphatic rings. The van der Waals surface area contributed by atoms with Gasteiger partial charge < -0.3 is 10.2 Å². The van der Waals surface area contributed by atoms with Crippen LogP contribution in [0.15, 0.2) is 6.20 Å². The molecule has 106 valence electrons. The van der Waals surface area contributed by atoms with Gasteiger partial charge in [0.15, 0.2) is 0 Å². The maximum atomic E-state index is 12.4. The molecular weight excluding hydrogens is 258 g/mol. The van der Waals surface area contributed by atoms with Crippen LogP contribution in [0.3, 0.4) is 0 Å². The summed E-state index contributed by atoms with van der Waals surface area (Å²) in [5.74, 6) is 0.487. The molecule has 2 rings (SSSR count). The van der Waals surface area contributed by atoms with Crippen molar-refractivity contribution in [3.05, 3.63) is 16.1 Å². The molecule has 0 saturated carbocycles. The van der Waals surface area contributed by atoms with Crippen LogP contribution in [0, 0.1) is 12.8 Å². The summed E-state index contributed by atoms with van der Waals surface area (Å²) in [5, 5.41) is 4.51. The molecule has 0 aliphatic carbocycles. The van der Waals surface area contributed by atoms with Crippen LogP contribution in [0.4, 0.5) is 0 Å². The van der Waals surface area contributed by atoms with Gasteiger partial charge >= 0.3 is 0 Å². The first-order valence-electron chi connectivity index (χ1n) is 6.96. The minimum atomic E-state index is 0.194. The molecule has 5 heteroatoms. The van der Waals surface area contributed by atoms with E-state index in [1.807, 2.05) is 18.1 Å². The Morgan fingerprint density at radius 1 is 1.63 bits per heavy atom. The highest BCUT2D eigenvalue weighted by Crippen LogP contribution is 2.19. The van der Waals surface area contributed by atoms with Gasteiger partial charge in [-0.25, -0.2) is 4.98 Å². The van der Waals surface area contributed by atoms with Crippen LogP contribution in [0.25, 0.3) is 0 Å².